The maximum atomic E-state index is 7.06. The number of hydrogen-bond acceptors (Lipinski definition) is 3. The van der Waals surface area contributed by atoms with E-state index in [0.29, 0.717) is 23.3 Å². The summed E-state index contributed by atoms with van der Waals surface area (Å²) < 4.78 is 11.7. The standard InChI is InChI=1S/C71H72N4O.Pt/c1-44(2)54-36-56(70-73-65-24-17-18-25-66(65)75(70)68-61(45(3)4)22-19-23-62(68)46(5)6)39-59(38-54)76-60-40-57(37-58(43-60)71(11,12)13)69-72-34-35-74(69)67-63(47(7)8)41-55(42-64(67)48(9)10)53-32-30-52(31-33-53)51-28-26-50(27-29-51)49-20-15-14-16-21-49;/h14-38,41-48H,1-13H3;/q-2;+2. The van der Waals surface area contributed by atoms with E-state index in [9.17, 15) is 0 Å². The Bertz CT molecular complexity index is 3630. The van der Waals surface area contributed by atoms with Gasteiger partial charge < -0.3 is 13.9 Å². The van der Waals surface area contributed by atoms with Gasteiger partial charge in [-0.3, -0.25) is 9.97 Å². The fourth-order valence-corrected chi connectivity index (χ4v) is 10.6. The molecule has 2 heterocycles. The van der Waals surface area contributed by atoms with Gasteiger partial charge in [-0.2, -0.15) is 0 Å². The Morgan fingerprint density at radius 1 is 0.455 bits per heavy atom. The number of rotatable bonds is 14. The van der Waals surface area contributed by atoms with Crippen molar-refractivity contribution in [2.75, 3.05) is 0 Å². The van der Waals surface area contributed by atoms with Crippen LogP contribution in [-0.4, -0.2) is 19.1 Å². The first kappa shape index (κ1) is 54.7. The average molecular weight is 1190 g/mol. The van der Waals surface area contributed by atoms with E-state index >= 15 is 0 Å². The van der Waals surface area contributed by atoms with Crippen LogP contribution in [0.15, 0.2) is 170 Å². The molecular weight excluding hydrogens is 1120 g/mol. The van der Waals surface area contributed by atoms with E-state index in [1.807, 2.05) is 6.20 Å². The fourth-order valence-electron chi connectivity index (χ4n) is 10.6. The van der Waals surface area contributed by atoms with E-state index in [1.54, 1.807) is 0 Å². The molecule has 0 atom stereocenters. The van der Waals surface area contributed by atoms with E-state index in [4.69, 9.17) is 14.7 Å². The van der Waals surface area contributed by atoms with Gasteiger partial charge in [-0.1, -0.05) is 223 Å². The molecule has 0 unspecified atom stereocenters. The molecule has 0 bridgehead atoms. The summed E-state index contributed by atoms with van der Waals surface area (Å²) in [7, 11) is 0. The topological polar surface area (TPSA) is 44.9 Å². The van der Waals surface area contributed by atoms with Gasteiger partial charge in [-0.25, -0.2) is 0 Å². The van der Waals surface area contributed by atoms with Crippen molar-refractivity contribution in [2.24, 2.45) is 0 Å². The Labute approximate surface area is 472 Å². The van der Waals surface area contributed by atoms with Crippen LogP contribution >= 0.6 is 0 Å². The maximum Gasteiger partial charge on any atom is 2.00 e. The molecule has 8 aromatic carbocycles. The van der Waals surface area contributed by atoms with Crippen LogP contribution in [0.25, 0.3) is 78.6 Å². The first-order valence-corrected chi connectivity index (χ1v) is 27.4. The van der Waals surface area contributed by atoms with Crippen molar-refractivity contribution in [1.82, 2.24) is 19.1 Å². The summed E-state index contributed by atoms with van der Waals surface area (Å²) in [5.74, 6) is 4.17. The Balaban J connectivity index is 0.00000722. The molecule has 0 aliphatic heterocycles. The summed E-state index contributed by atoms with van der Waals surface area (Å²) in [5.41, 5.74) is 20.5. The number of benzene rings is 8. The number of hydrogen-bond donors (Lipinski definition) is 0. The number of aromatic nitrogens is 4. The molecular formula is C71H72N4OPt. The number of fused-ring (bicyclic) bond motifs is 1. The zero-order valence-corrected chi connectivity index (χ0v) is 49.3. The van der Waals surface area contributed by atoms with Crippen LogP contribution in [-0.2, 0) is 26.5 Å². The van der Waals surface area contributed by atoms with Crippen LogP contribution in [0.3, 0.4) is 0 Å². The van der Waals surface area contributed by atoms with Gasteiger partial charge in [0, 0.05) is 35.3 Å². The minimum atomic E-state index is -0.203. The molecule has 10 aromatic rings. The Morgan fingerprint density at radius 3 is 1.48 bits per heavy atom. The summed E-state index contributed by atoms with van der Waals surface area (Å²) in [4.78, 5) is 10.5. The van der Waals surface area contributed by atoms with Crippen molar-refractivity contribution in [1.29, 1.82) is 0 Å². The largest absolute Gasteiger partial charge is 2.00 e. The predicted octanol–water partition coefficient (Wildman–Crippen LogP) is 19.9. The second kappa shape index (κ2) is 22.5. The normalized spacial score (nSPS) is 11.9. The SMILES string of the molecule is CC(C)c1cc(Oc2[c-]c(-c3nccn3-c3c(C(C)C)cc(-c4ccc(-c5ccc(-c6ccccc6)cc5)cc4)cc3C(C)C)cc(C(C)(C)C)c2)[c-]c(-c2nc3ccccc3n2-c2c(C(C)C)cccc2C(C)C)c1.[Pt+2]. The monoisotopic (exact) mass is 1190 g/mol. The molecule has 0 N–H and O–H groups in total. The average Bonchev–Trinajstić information content (AvgIpc) is 4.18. The molecule has 6 heteroatoms. The van der Waals surface area contributed by atoms with E-state index in [0.717, 1.165) is 44.9 Å². The minimum Gasteiger partial charge on any atom is -0.497 e. The quantitative estimate of drug-likeness (QED) is 0.102. The molecule has 0 aliphatic rings. The van der Waals surface area contributed by atoms with Crippen molar-refractivity contribution >= 4 is 11.0 Å². The van der Waals surface area contributed by atoms with Crippen molar-refractivity contribution in [3.05, 3.63) is 216 Å². The molecule has 2 aromatic heterocycles. The molecule has 5 nitrogen and oxygen atoms in total. The maximum absolute atomic E-state index is 7.06. The molecule has 392 valence electrons. The third-order valence-electron chi connectivity index (χ3n) is 14.9. The molecule has 0 aliphatic carbocycles. The molecule has 0 spiro atoms. The summed E-state index contributed by atoms with van der Waals surface area (Å²) in [6.07, 6.45) is 4.03. The Kier molecular flexibility index (Phi) is 16.0. The van der Waals surface area contributed by atoms with Gasteiger partial charge in [0.2, 0.25) is 0 Å². The third kappa shape index (κ3) is 11.2. The predicted molar refractivity (Wildman–Crippen MR) is 319 cm³/mol. The summed E-state index contributed by atoms with van der Waals surface area (Å²) in [5, 5.41) is 0. The first-order valence-electron chi connectivity index (χ1n) is 27.4. The van der Waals surface area contributed by atoms with Gasteiger partial charge >= 0.3 is 21.1 Å². The first-order chi connectivity index (χ1) is 36.4. The van der Waals surface area contributed by atoms with E-state index < -0.39 is 0 Å². The van der Waals surface area contributed by atoms with Gasteiger partial charge in [0.25, 0.3) is 0 Å². The van der Waals surface area contributed by atoms with Crippen LogP contribution in [0.2, 0.25) is 0 Å². The second-order valence-electron chi connectivity index (χ2n) is 23.2. The molecule has 0 saturated heterocycles. The number of para-hydroxylation sites is 3. The molecule has 0 amide bonds. The van der Waals surface area contributed by atoms with Crippen LogP contribution in [0.5, 0.6) is 11.5 Å². The van der Waals surface area contributed by atoms with Crippen molar-refractivity contribution in [3.8, 4) is 79.0 Å². The molecule has 10 rings (SSSR count). The Morgan fingerprint density at radius 2 is 0.948 bits per heavy atom. The number of nitrogens with zero attached hydrogens (tertiary/aromatic N) is 4. The van der Waals surface area contributed by atoms with E-state index in [2.05, 4.69) is 275 Å². The Hall–Kier alpha value is -7.07. The fraction of sp³-hybridized carbons (Fsp3) is 0.268. The van der Waals surface area contributed by atoms with Crippen molar-refractivity contribution < 1.29 is 25.8 Å². The van der Waals surface area contributed by atoms with Crippen LogP contribution in [0, 0.1) is 12.1 Å². The zero-order valence-electron chi connectivity index (χ0n) is 47.1. The van der Waals surface area contributed by atoms with Crippen molar-refractivity contribution in [3.63, 3.8) is 0 Å². The van der Waals surface area contributed by atoms with E-state index in [1.165, 1.54) is 67.0 Å². The van der Waals surface area contributed by atoms with Crippen LogP contribution in [0.4, 0.5) is 0 Å². The van der Waals surface area contributed by atoms with Gasteiger partial charge in [-0.05, 0) is 115 Å². The van der Waals surface area contributed by atoms with E-state index in [-0.39, 0.29) is 44.2 Å². The molecule has 0 saturated carbocycles. The second-order valence-corrected chi connectivity index (χ2v) is 23.2. The van der Waals surface area contributed by atoms with Gasteiger partial charge in [-0.15, -0.1) is 34.4 Å². The van der Waals surface area contributed by atoms with Crippen LogP contribution < -0.4 is 4.74 Å². The summed E-state index contributed by atoms with van der Waals surface area (Å²) in [6.45, 7) is 29.5. The van der Waals surface area contributed by atoms with Gasteiger partial charge in [0.15, 0.2) is 0 Å². The zero-order chi connectivity index (χ0) is 53.6. The molecule has 77 heavy (non-hydrogen) atoms. The van der Waals surface area contributed by atoms with Gasteiger partial charge in [0.1, 0.15) is 0 Å². The molecule has 0 radical (unpaired) electrons. The van der Waals surface area contributed by atoms with Crippen molar-refractivity contribution in [2.45, 2.75) is 125 Å². The summed E-state index contributed by atoms with van der Waals surface area (Å²) in [6, 6.07) is 64.7. The van der Waals surface area contributed by atoms with Gasteiger partial charge in [0.05, 0.1) is 22.7 Å². The molecule has 0 fully saturated rings. The number of imidazole rings is 2. The number of ether oxygens (including phenoxy) is 1. The van der Waals surface area contributed by atoms with Crippen LogP contribution in [0.1, 0.15) is 153 Å². The third-order valence-corrected chi connectivity index (χ3v) is 14.9. The smallest absolute Gasteiger partial charge is 0.497 e. The summed E-state index contributed by atoms with van der Waals surface area (Å²) >= 11 is 0. The minimum absolute atomic E-state index is 0.